The Morgan fingerprint density at radius 1 is 1.44 bits per heavy atom. The predicted molar refractivity (Wildman–Crippen MR) is 59.6 cm³/mol. The van der Waals surface area contributed by atoms with Crippen molar-refractivity contribution >= 4 is 11.9 Å². The molecule has 0 unspecified atom stereocenters. The molecule has 0 aromatic carbocycles. The van der Waals surface area contributed by atoms with Crippen LogP contribution in [-0.4, -0.2) is 15.9 Å². The second-order valence-electron chi connectivity index (χ2n) is 4.52. The highest BCUT2D eigenvalue weighted by Gasteiger charge is 2.32. The molecule has 0 radical (unpaired) electrons. The molecule has 1 heterocycles. The Bertz CT molecular complexity index is 487. The molecule has 1 fully saturated rings. The number of Topliss-reactive ketones (excluding diaryl/α,β-unsaturated/α-hetero) is 1. The van der Waals surface area contributed by atoms with Gasteiger partial charge in [0.2, 0.25) is 0 Å². The third kappa shape index (κ3) is 1.57. The molecule has 2 aliphatic carbocycles. The number of allylic oxidation sites excluding steroid dienone is 1. The number of ketones is 1. The highest BCUT2D eigenvalue weighted by Crippen LogP contribution is 2.40. The summed E-state index contributed by atoms with van der Waals surface area (Å²) >= 11 is 0. The first kappa shape index (κ1) is 9.73. The number of rotatable bonds is 2. The van der Waals surface area contributed by atoms with Crippen molar-refractivity contribution in [2.45, 2.75) is 25.9 Å². The zero-order chi connectivity index (χ0) is 11.1. The third-order valence-corrected chi connectivity index (χ3v) is 3.22. The molecule has 1 aromatic rings. The fourth-order valence-electron chi connectivity index (χ4n) is 2.17. The van der Waals surface area contributed by atoms with Crippen molar-refractivity contribution in [2.75, 3.05) is 0 Å². The summed E-state index contributed by atoms with van der Waals surface area (Å²) in [5.41, 5.74) is 3.58. The van der Waals surface area contributed by atoms with E-state index < -0.39 is 0 Å². The van der Waals surface area contributed by atoms with Crippen LogP contribution in [0.3, 0.4) is 0 Å². The van der Waals surface area contributed by atoms with Crippen LogP contribution in [0.25, 0.3) is 6.08 Å². The van der Waals surface area contributed by atoms with Crippen LogP contribution in [0.4, 0.5) is 0 Å². The Balaban J connectivity index is 2.03. The summed E-state index contributed by atoms with van der Waals surface area (Å²) in [5, 5.41) is 9.01. The number of aliphatic hydroxyl groups is 1. The molecule has 0 aliphatic heterocycles. The number of aromatic nitrogens is 1. The van der Waals surface area contributed by atoms with Gasteiger partial charge in [-0.05, 0) is 42.0 Å². The Morgan fingerprint density at radius 3 is 2.94 bits per heavy atom. The molecule has 0 saturated heterocycles. The minimum Gasteiger partial charge on any atom is -0.392 e. The van der Waals surface area contributed by atoms with Crippen LogP contribution in [0.2, 0.25) is 0 Å². The highest BCUT2D eigenvalue weighted by atomic mass is 16.3. The maximum atomic E-state index is 11.9. The van der Waals surface area contributed by atoms with Crippen LogP contribution < -0.4 is 0 Å². The molecule has 3 nitrogen and oxygen atoms in total. The van der Waals surface area contributed by atoms with Gasteiger partial charge in [-0.2, -0.15) is 0 Å². The number of carbonyl (C=O) groups is 1. The van der Waals surface area contributed by atoms with Crippen molar-refractivity contribution < 1.29 is 9.90 Å². The molecule has 0 atom stereocenters. The molecule has 0 amide bonds. The molecule has 1 saturated carbocycles. The predicted octanol–water partition coefficient (Wildman–Crippen LogP) is 1.49. The number of carbonyl (C=O) groups excluding carboxylic acids is 1. The van der Waals surface area contributed by atoms with Crippen molar-refractivity contribution in [3.05, 3.63) is 34.7 Å². The van der Waals surface area contributed by atoms with E-state index in [-0.39, 0.29) is 12.4 Å². The van der Waals surface area contributed by atoms with Gasteiger partial charge in [0.15, 0.2) is 5.78 Å². The van der Waals surface area contributed by atoms with Gasteiger partial charge < -0.3 is 5.11 Å². The van der Waals surface area contributed by atoms with Gasteiger partial charge in [-0.3, -0.25) is 9.78 Å². The Labute approximate surface area is 93.8 Å². The summed E-state index contributed by atoms with van der Waals surface area (Å²) in [5.74, 6) is 0.715. The van der Waals surface area contributed by atoms with Crippen molar-refractivity contribution in [1.29, 1.82) is 0 Å². The summed E-state index contributed by atoms with van der Waals surface area (Å²) in [4.78, 5) is 16.2. The Hall–Kier alpha value is -1.48. The molecule has 0 spiro atoms. The summed E-state index contributed by atoms with van der Waals surface area (Å²) in [6, 6.07) is 1.88. The standard InChI is InChI=1S/C13H13NO2/c15-7-8-3-10-4-13(16)11(9-1-2-9)5-12(10)14-6-8/h3,5-6,9,15H,1-2,4,7H2. The van der Waals surface area contributed by atoms with E-state index in [1.165, 1.54) is 0 Å². The van der Waals surface area contributed by atoms with Gasteiger partial charge in [-0.1, -0.05) is 0 Å². The van der Waals surface area contributed by atoms with Gasteiger partial charge >= 0.3 is 0 Å². The van der Waals surface area contributed by atoms with Crippen LogP contribution >= 0.6 is 0 Å². The lowest BCUT2D eigenvalue weighted by molar-refractivity contribution is -0.115. The summed E-state index contributed by atoms with van der Waals surface area (Å²) in [7, 11) is 0. The average Bonchev–Trinajstić information content (AvgIpc) is 3.11. The maximum absolute atomic E-state index is 11.9. The smallest absolute Gasteiger partial charge is 0.163 e. The lowest BCUT2D eigenvalue weighted by atomic mass is 9.91. The SMILES string of the molecule is O=C1Cc2cc(CO)cnc2C=C1C1CC1. The first-order chi connectivity index (χ1) is 7.78. The zero-order valence-electron chi connectivity index (χ0n) is 8.94. The summed E-state index contributed by atoms with van der Waals surface area (Å²) in [6.07, 6.45) is 6.33. The minimum absolute atomic E-state index is 0.0202. The average molecular weight is 215 g/mol. The van der Waals surface area contributed by atoms with Crippen molar-refractivity contribution in [2.24, 2.45) is 5.92 Å². The molecule has 1 N–H and O–H groups in total. The lowest BCUT2D eigenvalue weighted by Gasteiger charge is -2.14. The van der Waals surface area contributed by atoms with Gasteiger partial charge in [0.05, 0.1) is 12.3 Å². The zero-order valence-corrected chi connectivity index (χ0v) is 8.94. The third-order valence-electron chi connectivity index (χ3n) is 3.22. The van der Waals surface area contributed by atoms with E-state index in [2.05, 4.69) is 4.98 Å². The number of hydrogen-bond acceptors (Lipinski definition) is 3. The van der Waals surface area contributed by atoms with Gasteiger partial charge in [-0.15, -0.1) is 0 Å². The van der Waals surface area contributed by atoms with Crippen molar-refractivity contribution in [1.82, 2.24) is 4.98 Å². The number of nitrogens with zero attached hydrogens (tertiary/aromatic N) is 1. The summed E-state index contributed by atoms with van der Waals surface area (Å²) < 4.78 is 0. The van der Waals surface area contributed by atoms with E-state index in [9.17, 15) is 4.79 Å². The van der Waals surface area contributed by atoms with E-state index in [1.54, 1.807) is 6.20 Å². The largest absolute Gasteiger partial charge is 0.392 e. The monoisotopic (exact) mass is 215 g/mol. The second-order valence-corrected chi connectivity index (χ2v) is 4.52. The number of fused-ring (bicyclic) bond motifs is 1. The normalized spacial score (nSPS) is 19.3. The first-order valence-electron chi connectivity index (χ1n) is 5.61. The van der Waals surface area contributed by atoms with Gasteiger partial charge in [0.25, 0.3) is 0 Å². The Morgan fingerprint density at radius 2 is 2.25 bits per heavy atom. The van der Waals surface area contributed by atoms with Crippen LogP contribution in [0.1, 0.15) is 29.7 Å². The fraction of sp³-hybridized carbons (Fsp3) is 0.385. The number of aliphatic hydroxyl groups excluding tert-OH is 1. The van der Waals surface area contributed by atoms with Gasteiger partial charge in [-0.25, -0.2) is 0 Å². The molecule has 16 heavy (non-hydrogen) atoms. The minimum atomic E-state index is -0.0202. The Kier molecular flexibility index (Phi) is 2.14. The second kappa shape index (κ2) is 3.52. The van der Waals surface area contributed by atoms with E-state index in [0.717, 1.165) is 35.2 Å². The van der Waals surface area contributed by atoms with E-state index in [4.69, 9.17) is 5.11 Å². The maximum Gasteiger partial charge on any atom is 0.163 e. The van der Waals surface area contributed by atoms with Gasteiger partial charge in [0.1, 0.15) is 0 Å². The first-order valence-corrected chi connectivity index (χ1v) is 5.61. The molecule has 1 aromatic heterocycles. The molecule has 0 bridgehead atoms. The quantitative estimate of drug-likeness (QED) is 0.813. The molecular weight excluding hydrogens is 202 g/mol. The van der Waals surface area contributed by atoms with E-state index >= 15 is 0 Å². The lowest BCUT2D eigenvalue weighted by Crippen LogP contribution is -2.15. The molecule has 3 heteroatoms. The number of pyridine rings is 1. The molecular formula is C13H13NO2. The van der Waals surface area contributed by atoms with Crippen LogP contribution in [0, 0.1) is 5.92 Å². The van der Waals surface area contributed by atoms with E-state index in [0.29, 0.717) is 12.3 Å². The van der Waals surface area contributed by atoms with Gasteiger partial charge in [0, 0.05) is 18.2 Å². The fourth-order valence-corrected chi connectivity index (χ4v) is 2.17. The molecule has 82 valence electrons. The van der Waals surface area contributed by atoms with Crippen molar-refractivity contribution in [3.8, 4) is 0 Å². The van der Waals surface area contributed by atoms with Crippen LogP contribution in [-0.2, 0) is 17.8 Å². The van der Waals surface area contributed by atoms with Crippen molar-refractivity contribution in [3.63, 3.8) is 0 Å². The summed E-state index contributed by atoms with van der Waals surface area (Å²) in [6.45, 7) is -0.0202. The highest BCUT2D eigenvalue weighted by molar-refractivity contribution is 6.04. The molecule has 2 aliphatic rings. The van der Waals surface area contributed by atoms with Crippen LogP contribution in [0.5, 0.6) is 0 Å². The topological polar surface area (TPSA) is 50.2 Å². The number of hydrogen-bond donors (Lipinski definition) is 1. The van der Waals surface area contributed by atoms with Crippen LogP contribution in [0.15, 0.2) is 17.8 Å². The molecule has 3 rings (SSSR count). The van der Waals surface area contributed by atoms with E-state index in [1.807, 2.05) is 12.1 Å².